The molecule has 0 unspecified atom stereocenters. The molecule has 94 valence electrons. The molecule has 0 aliphatic heterocycles. The molecule has 0 radical (unpaired) electrons. The van der Waals surface area contributed by atoms with Crippen molar-refractivity contribution in [3.05, 3.63) is 52.7 Å². The fourth-order valence-corrected chi connectivity index (χ4v) is 2.69. The SMILES string of the molecule is CN=C1C=C(Sc2ncn[nH]2)C(=O)c2ccccc21. The third-order valence-corrected chi connectivity index (χ3v) is 3.69. The minimum Gasteiger partial charge on any atom is -0.288 e. The molecule has 1 aromatic heterocycles. The van der Waals surface area contributed by atoms with Crippen LogP contribution >= 0.6 is 11.8 Å². The predicted octanol–water partition coefficient (Wildman–Crippen LogP) is 2.10. The molecule has 1 aliphatic carbocycles. The summed E-state index contributed by atoms with van der Waals surface area (Å²) in [6.07, 6.45) is 3.21. The first-order chi connectivity index (χ1) is 9.29. The topological polar surface area (TPSA) is 71.0 Å². The Labute approximate surface area is 113 Å². The third kappa shape index (κ3) is 2.10. The number of hydrogen-bond donors (Lipinski definition) is 1. The van der Waals surface area contributed by atoms with Gasteiger partial charge in [-0.25, -0.2) is 4.98 Å². The number of aliphatic imine (C=N–C) groups is 1. The molecule has 0 spiro atoms. The zero-order chi connectivity index (χ0) is 13.2. The number of carbonyl (C=O) groups is 1. The van der Waals surface area contributed by atoms with Gasteiger partial charge in [0, 0.05) is 18.2 Å². The van der Waals surface area contributed by atoms with Crippen LogP contribution < -0.4 is 0 Å². The number of benzene rings is 1. The van der Waals surface area contributed by atoms with E-state index < -0.39 is 0 Å². The number of allylic oxidation sites excluding steroid dienone is 2. The van der Waals surface area contributed by atoms with Gasteiger partial charge in [-0.05, 0) is 17.8 Å². The van der Waals surface area contributed by atoms with E-state index >= 15 is 0 Å². The first-order valence-corrected chi connectivity index (χ1v) is 6.47. The van der Waals surface area contributed by atoms with Gasteiger partial charge in [-0.2, -0.15) is 5.10 Å². The van der Waals surface area contributed by atoms with Gasteiger partial charge in [0.2, 0.25) is 5.78 Å². The first kappa shape index (κ1) is 11.9. The fourth-order valence-electron chi connectivity index (χ4n) is 1.91. The van der Waals surface area contributed by atoms with E-state index in [1.165, 1.54) is 18.1 Å². The van der Waals surface area contributed by atoms with Gasteiger partial charge in [0.25, 0.3) is 0 Å². The Kier molecular flexibility index (Phi) is 3.00. The van der Waals surface area contributed by atoms with Crippen molar-refractivity contribution in [2.75, 3.05) is 7.05 Å². The Morgan fingerprint density at radius 3 is 2.74 bits per heavy atom. The molecule has 0 fully saturated rings. The molecule has 0 saturated heterocycles. The van der Waals surface area contributed by atoms with Crippen LogP contribution in [0.5, 0.6) is 0 Å². The van der Waals surface area contributed by atoms with Gasteiger partial charge in [-0.15, -0.1) is 0 Å². The number of H-pyrrole nitrogens is 1. The second kappa shape index (κ2) is 4.81. The summed E-state index contributed by atoms with van der Waals surface area (Å²) in [5.41, 5.74) is 2.35. The van der Waals surface area contributed by atoms with E-state index in [1.807, 2.05) is 24.3 Å². The number of fused-ring (bicyclic) bond motifs is 1. The highest BCUT2D eigenvalue weighted by Crippen LogP contribution is 2.31. The molecule has 0 saturated carbocycles. The number of thioether (sulfide) groups is 1. The molecule has 5 nitrogen and oxygen atoms in total. The third-order valence-electron chi connectivity index (χ3n) is 2.78. The molecule has 0 amide bonds. The number of nitrogens with one attached hydrogen (secondary N) is 1. The fraction of sp³-hybridized carbons (Fsp3) is 0.0769. The maximum atomic E-state index is 12.4. The molecule has 0 bridgehead atoms. The summed E-state index contributed by atoms with van der Waals surface area (Å²) >= 11 is 1.26. The smallest absolute Gasteiger partial charge is 0.200 e. The monoisotopic (exact) mass is 270 g/mol. The second-order valence-electron chi connectivity index (χ2n) is 3.88. The van der Waals surface area contributed by atoms with Crippen molar-refractivity contribution in [1.29, 1.82) is 0 Å². The highest BCUT2D eigenvalue weighted by molar-refractivity contribution is 8.03. The normalized spacial score (nSPS) is 16.4. The Balaban J connectivity index is 2.04. The summed E-state index contributed by atoms with van der Waals surface area (Å²) in [5, 5.41) is 7.09. The minimum absolute atomic E-state index is 0.00981. The molecule has 1 aromatic carbocycles. The standard InChI is InChI=1S/C13H10N4OS/c1-14-10-6-11(19-13-15-7-16-17-13)12(18)9-5-3-2-4-8(9)10/h2-7H,1H3,(H,15,16,17). The lowest BCUT2D eigenvalue weighted by atomic mass is 9.94. The van der Waals surface area contributed by atoms with Crippen molar-refractivity contribution in [1.82, 2.24) is 15.2 Å². The molecule has 1 aliphatic rings. The number of nitrogens with zero attached hydrogens (tertiary/aromatic N) is 3. The van der Waals surface area contributed by atoms with E-state index in [4.69, 9.17) is 0 Å². The van der Waals surface area contributed by atoms with E-state index in [9.17, 15) is 4.79 Å². The predicted molar refractivity (Wildman–Crippen MR) is 73.6 cm³/mol. The van der Waals surface area contributed by atoms with Gasteiger partial charge in [-0.3, -0.25) is 14.9 Å². The number of ketones is 1. The van der Waals surface area contributed by atoms with Crippen LogP contribution in [0.1, 0.15) is 15.9 Å². The lowest BCUT2D eigenvalue weighted by molar-refractivity contribution is 0.104. The van der Waals surface area contributed by atoms with Gasteiger partial charge >= 0.3 is 0 Å². The van der Waals surface area contributed by atoms with Crippen molar-refractivity contribution in [2.24, 2.45) is 4.99 Å². The maximum absolute atomic E-state index is 12.4. The quantitative estimate of drug-likeness (QED) is 0.907. The number of hydrogen-bond acceptors (Lipinski definition) is 5. The van der Waals surface area contributed by atoms with Crippen molar-refractivity contribution < 1.29 is 4.79 Å². The Bertz CT molecular complexity index is 688. The number of aromatic nitrogens is 3. The summed E-state index contributed by atoms with van der Waals surface area (Å²) in [5.74, 6) is -0.00981. The Hall–Kier alpha value is -2.21. The van der Waals surface area contributed by atoms with Gasteiger partial charge in [0.1, 0.15) is 6.33 Å². The van der Waals surface area contributed by atoms with Crippen molar-refractivity contribution in [3.63, 3.8) is 0 Å². The summed E-state index contributed by atoms with van der Waals surface area (Å²) < 4.78 is 0. The van der Waals surface area contributed by atoms with Crippen LogP contribution in [0.3, 0.4) is 0 Å². The van der Waals surface area contributed by atoms with Crippen molar-refractivity contribution >= 4 is 23.3 Å². The zero-order valence-corrected chi connectivity index (χ0v) is 10.9. The molecular weight excluding hydrogens is 260 g/mol. The lowest BCUT2D eigenvalue weighted by Crippen LogP contribution is -2.16. The molecule has 0 atom stereocenters. The molecule has 19 heavy (non-hydrogen) atoms. The van der Waals surface area contributed by atoms with Crippen LogP contribution in [0, 0.1) is 0 Å². The van der Waals surface area contributed by atoms with E-state index in [1.54, 1.807) is 13.1 Å². The average molecular weight is 270 g/mol. The molecule has 6 heteroatoms. The Morgan fingerprint density at radius 2 is 2.05 bits per heavy atom. The molecule has 2 aromatic rings. The van der Waals surface area contributed by atoms with E-state index in [0.717, 1.165) is 11.3 Å². The highest BCUT2D eigenvalue weighted by atomic mass is 32.2. The summed E-state index contributed by atoms with van der Waals surface area (Å²) in [6.45, 7) is 0. The number of carbonyl (C=O) groups excluding carboxylic acids is 1. The maximum Gasteiger partial charge on any atom is 0.200 e. The van der Waals surface area contributed by atoms with Crippen molar-refractivity contribution in [2.45, 2.75) is 5.16 Å². The van der Waals surface area contributed by atoms with Crippen LogP contribution in [0.2, 0.25) is 0 Å². The minimum atomic E-state index is -0.00981. The van der Waals surface area contributed by atoms with Gasteiger partial charge in [0.15, 0.2) is 5.16 Å². The molecule has 1 N–H and O–H groups in total. The number of aromatic amines is 1. The summed E-state index contributed by atoms with van der Waals surface area (Å²) in [4.78, 5) is 21.2. The zero-order valence-electron chi connectivity index (χ0n) is 10.1. The van der Waals surface area contributed by atoms with E-state index in [-0.39, 0.29) is 5.78 Å². The van der Waals surface area contributed by atoms with Crippen LogP contribution in [-0.2, 0) is 0 Å². The average Bonchev–Trinajstić information content (AvgIpc) is 2.95. The second-order valence-corrected chi connectivity index (χ2v) is 4.92. The largest absolute Gasteiger partial charge is 0.288 e. The van der Waals surface area contributed by atoms with Crippen LogP contribution in [-0.4, -0.2) is 33.7 Å². The van der Waals surface area contributed by atoms with Gasteiger partial charge < -0.3 is 0 Å². The molecular formula is C13H10N4OS. The molecule has 1 heterocycles. The summed E-state index contributed by atoms with van der Waals surface area (Å²) in [7, 11) is 1.72. The Morgan fingerprint density at radius 1 is 1.26 bits per heavy atom. The number of Topliss-reactive ketones (excluding diaryl/α,β-unsaturated/α-hetero) is 1. The van der Waals surface area contributed by atoms with Gasteiger partial charge in [-0.1, -0.05) is 24.3 Å². The van der Waals surface area contributed by atoms with E-state index in [0.29, 0.717) is 15.6 Å². The van der Waals surface area contributed by atoms with Crippen LogP contribution in [0.4, 0.5) is 0 Å². The van der Waals surface area contributed by atoms with Crippen LogP contribution in [0.25, 0.3) is 0 Å². The van der Waals surface area contributed by atoms with Gasteiger partial charge in [0.05, 0.1) is 10.6 Å². The van der Waals surface area contributed by atoms with Crippen LogP contribution in [0.15, 0.2) is 51.7 Å². The van der Waals surface area contributed by atoms with E-state index in [2.05, 4.69) is 20.2 Å². The van der Waals surface area contributed by atoms with Crippen molar-refractivity contribution in [3.8, 4) is 0 Å². The lowest BCUT2D eigenvalue weighted by Gasteiger charge is -2.15. The number of rotatable bonds is 2. The first-order valence-electron chi connectivity index (χ1n) is 5.65. The highest BCUT2D eigenvalue weighted by Gasteiger charge is 2.24. The summed E-state index contributed by atoms with van der Waals surface area (Å²) in [6, 6.07) is 7.48. The molecule has 3 rings (SSSR count).